The fourth-order valence-corrected chi connectivity index (χ4v) is 1.81. The molecule has 0 aliphatic heterocycles. The zero-order chi connectivity index (χ0) is 15.2. The molecule has 1 N–H and O–H groups in total. The molecular weight excluding hydrogens is 268 g/mol. The Balaban J connectivity index is 2.21. The summed E-state index contributed by atoms with van der Waals surface area (Å²) in [5, 5.41) is 8.87. The topological polar surface area (TPSA) is 63.6 Å². The van der Waals surface area contributed by atoms with Crippen LogP contribution in [0.2, 0.25) is 0 Å². The van der Waals surface area contributed by atoms with Gasteiger partial charge in [0.05, 0.1) is 11.5 Å². The van der Waals surface area contributed by atoms with Crippen LogP contribution < -0.4 is 4.74 Å². The van der Waals surface area contributed by atoms with E-state index in [1.54, 1.807) is 55.5 Å². The molecule has 0 spiro atoms. The van der Waals surface area contributed by atoms with Crippen molar-refractivity contribution >= 4 is 11.8 Å². The van der Waals surface area contributed by atoms with Crippen LogP contribution >= 0.6 is 0 Å². The zero-order valence-electron chi connectivity index (χ0n) is 11.7. The fourth-order valence-electron chi connectivity index (χ4n) is 1.81. The number of aliphatic carboxylic acids is 1. The summed E-state index contributed by atoms with van der Waals surface area (Å²) in [4.78, 5) is 23.3. The molecule has 0 radical (unpaired) electrons. The molecule has 1 unspecified atom stereocenters. The molecule has 2 rings (SSSR count). The number of carbonyl (C=O) groups excluding carboxylic acids is 1. The number of hydrogen-bond donors (Lipinski definition) is 1. The Morgan fingerprint density at radius 3 is 2.33 bits per heavy atom. The summed E-state index contributed by atoms with van der Waals surface area (Å²) in [5.41, 5.74) is 1.00. The molecular formula is C17H16O4. The second-order valence-electron chi connectivity index (χ2n) is 4.74. The lowest BCUT2D eigenvalue weighted by Gasteiger charge is -2.12. The molecule has 0 saturated heterocycles. The molecule has 2 aromatic rings. The Kier molecular flexibility index (Phi) is 4.72. The predicted molar refractivity (Wildman–Crippen MR) is 78.6 cm³/mol. The predicted octanol–water partition coefficient (Wildman–Crippen LogP) is 3.02. The van der Waals surface area contributed by atoms with Gasteiger partial charge in [-0.25, -0.2) is 0 Å². The first-order valence-electron chi connectivity index (χ1n) is 6.64. The van der Waals surface area contributed by atoms with E-state index in [4.69, 9.17) is 9.84 Å². The fraction of sp³-hybridized carbons (Fsp3) is 0.176. The normalized spacial score (nSPS) is 11.7. The van der Waals surface area contributed by atoms with E-state index in [1.807, 2.05) is 6.07 Å². The van der Waals surface area contributed by atoms with Crippen molar-refractivity contribution in [3.8, 4) is 5.75 Å². The van der Waals surface area contributed by atoms with Gasteiger partial charge in [-0.2, -0.15) is 0 Å². The second kappa shape index (κ2) is 6.70. The molecule has 2 aromatic carbocycles. The highest BCUT2D eigenvalue weighted by Crippen LogP contribution is 2.22. The quantitative estimate of drug-likeness (QED) is 0.828. The van der Waals surface area contributed by atoms with Crippen LogP contribution in [0, 0.1) is 5.92 Å². The summed E-state index contributed by atoms with van der Waals surface area (Å²) in [7, 11) is 0. The molecule has 0 aliphatic carbocycles. The Hall–Kier alpha value is -2.62. The number of para-hydroxylation sites is 1. The summed E-state index contributed by atoms with van der Waals surface area (Å²) in [5.74, 6) is -1.31. The van der Waals surface area contributed by atoms with Gasteiger partial charge in [-0.3, -0.25) is 9.59 Å². The summed E-state index contributed by atoms with van der Waals surface area (Å²) in [6, 6.07) is 15.8. The number of ether oxygens (including phenoxy) is 1. The van der Waals surface area contributed by atoms with E-state index in [1.165, 1.54) is 0 Å². The van der Waals surface area contributed by atoms with Crippen LogP contribution in [0.25, 0.3) is 0 Å². The minimum absolute atomic E-state index is 0.0222. The van der Waals surface area contributed by atoms with Crippen molar-refractivity contribution in [1.82, 2.24) is 0 Å². The van der Waals surface area contributed by atoms with Gasteiger partial charge in [0.1, 0.15) is 12.4 Å². The van der Waals surface area contributed by atoms with Crippen LogP contribution in [0.15, 0.2) is 54.6 Å². The first-order chi connectivity index (χ1) is 10.1. The molecule has 0 aliphatic rings. The largest absolute Gasteiger partial charge is 0.492 e. The molecule has 0 amide bonds. The van der Waals surface area contributed by atoms with Crippen molar-refractivity contribution in [2.24, 2.45) is 5.92 Å². The molecule has 0 bridgehead atoms. The van der Waals surface area contributed by atoms with Crippen LogP contribution in [0.3, 0.4) is 0 Å². The average molecular weight is 284 g/mol. The van der Waals surface area contributed by atoms with Gasteiger partial charge >= 0.3 is 5.97 Å². The van der Waals surface area contributed by atoms with Crippen LogP contribution in [-0.4, -0.2) is 23.5 Å². The van der Waals surface area contributed by atoms with Crippen LogP contribution in [-0.2, 0) is 4.79 Å². The zero-order valence-corrected chi connectivity index (χ0v) is 11.7. The van der Waals surface area contributed by atoms with Crippen molar-refractivity contribution in [1.29, 1.82) is 0 Å². The average Bonchev–Trinajstić information content (AvgIpc) is 2.53. The highest BCUT2D eigenvalue weighted by Gasteiger charge is 2.16. The number of carbonyl (C=O) groups is 2. The van der Waals surface area contributed by atoms with E-state index in [2.05, 4.69) is 0 Å². The van der Waals surface area contributed by atoms with Gasteiger partial charge in [0.25, 0.3) is 0 Å². The number of ketones is 1. The lowest BCUT2D eigenvalue weighted by Crippen LogP contribution is -2.18. The standard InChI is InChI=1S/C17H16O4/c1-12(17(19)20)11-21-15-10-6-5-9-14(15)16(18)13-7-3-2-4-8-13/h2-10,12H,11H2,1H3,(H,19,20). The molecule has 21 heavy (non-hydrogen) atoms. The Morgan fingerprint density at radius 2 is 1.67 bits per heavy atom. The molecule has 4 nitrogen and oxygen atoms in total. The van der Waals surface area contributed by atoms with Crippen molar-refractivity contribution in [2.45, 2.75) is 6.92 Å². The van der Waals surface area contributed by atoms with E-state index >= 15 is 0 Å². The Bertz CT molecular complexity index is 634. The van der Waals surface area contributed by atoms with Gasteiger partial charge < -0.3 is 9.84 Å². The first-order valence-corrected chi connectivity index (χ1v) is 6.64. The maximum Gasteiger partial charge on any atom is 0.309 e. The molecule has 0 saturated carbocycles. The number of carboxylic acid groups (broad SMARTS) is 1. The second-order valence-corrected chi connectivity index (χ2v) is 4.74. The monoisotopic (exact) mass is 284 g/mol. The maximum absolute atomic E-state index is 12.4. The molecule has 0 fully saturated rings. The van der Waals surface area contributed by atoms with Crippen LogP contribution in [0.1, 0.15) is 22.8 Å². The van der Waals surface area contributed by atoms with E-state index < -0.39 is 11.9 Å². The van der Waals surface area contributed by atoms with Crippen molar-refractivity contribution < 1.29 is 19.4 Å². The highest BCUT2D eigenvalue weighted by atomic mass is 16.5. The van der Waals surface area contributed by atoms with Crippen LogP contribution in [0.5, 0.6) is 5.75 Å². The summed E-state index contributed by atoms with van der Waals surface area (Å²) in [6.45, 7) is 1.58. The molecule has 4 heteroatoms. The Labute approximate surface area is 123 Å². The van der Waals surface area contributed by atoms with Crippen molar-refractivity contribution in [3.63, 3.8) is 0 Å². The van der Waals surface area contributed by atoms with E-state index in [-0.39, 0.29) is 12.4 Å². The third kappa shape index (κ3) is 3.69. The SMILES string of the molecule is CC(COc1ccccc1C(=O)c1ccccc1)C(=O)O. The molecule has 0 heterocycles. The van der Waals surface area contributed by atoms with E-state index in [0.717, 1.165) is 0 Å². The van der Waals surface area contributed by atoms with Crippen molar-refractivity contribution in [3.05, 3.63) is 65.7 Å². The highest BCUT2D eigenvalue weighted by molar-refractivity contribution is 6.10. The maximum atomic E-state index is 12.4. The minimum Gasteiger partial charge on any atom is -0.492 e. The summed E-state index contributed by atoms with van der Waals surface area (Å²) >= 11 is 0. The van der Waals surface area contributed by atoms with E-state index in [9.17, 15) is 9.59 Å². The van der Waals surface area contributed by atoms with Crippen molar-refractivity contribution in [2.75, 3.05) is 6.61 Å². The minimum atomic E-state index is -0.929. The number of hydrogen-bond acceptors (Lipinski definition) is 3. The van der Waals surface area contributed by atoms with Gasteiger partial charge in [-0.1, -0.05) is 42.5 Å². The van der Waals surface area contributed by atoms with Crippen LogP contribution in [0.4, 0.5) is 0 Å². The van der Waals surface area contributed by atoms with Gasteiger partial charge in [0, 0.05) is 5.56 Å². The van der Waals surface area contributed by atoms with E-state index in [0.29, 0.717) is 16.9 Å². The van der Waals surface area contributed by atoms with Gasteiger partial charge in [0.15, 0.2) is 5.78 Å². The third-order valence-corrected chi connectivity index (χ3v) is 3.08. The number of carboxylic acids is 1. The number of rotatable bonds is 6. The lowest BCUT2D eigenvalue weighted by atomic mass is 10.0. The Morgan fingerprint density at radius 1 is 1.05 bits per heavy atom. The van der Waals surface area contributed by atoms with Gasteiger partial charge in [-0.15, -0.1) is 0 Å². The smallest absolute Gasteiger partial charge is 0.309 e. The molecule has 108 valence electrons. The summed E-state index contributed by atoms with van der Waals surface area (Å²) < 4.78 is 5.50. The third-order valence-electron chi connectivity index (χ3n) is 3.08. The number of benzene rings is 2. The molecule has 1 atom stereocenters. The summed E-state index contributed by atoms with van der Waals surface area (Å²) in [6.07, 6.45) is 0. The lowest BCUT2D eigenvalue weighted by molar-refractivity contribution is -0.142. The van der Waals surface area contributed by atoms with Gasteiger partial charge in [0.2, 0.25) is 0 Å². The molecule has 0 aromatic heterocycles. The van der Waals surface area contributed by atoms with Gasteiger partial charge in [-0.05, 0) is 19.1 Å². The first kappa shape index (κ1) is 14.8.